The normalized spacial score (nSPS) is 11.3. The van der Waals surface area contributed by atoms with E-state index in [9.17, 15) is 41.8 Å². The molecule has 0 spiro atoms. The van der Waals surface area contributed by atoms with Crippen molar-refractivity contribution in [2.24, 2.45) is 5.73 Å². The third kappa shape index (κ3) is 8.73. The summed E-state index contributed by atoms with van der Waals surface area (Å²) in [6, 6.07) is 21.2. The average Bonchev–Trinajstić information content (AvgIpc) is 3.13. The van der Waals surface area contributed by atoms with Gasteiger partial charge in [0.1, 0.15) is 23.9 Å². The van der Waals surface area contributed by atoms with Gasteiger partial charge in [-0.2, -0.15) is 18.2 Å². The summed E-state index contributed by atoms with van der Waals surface area (Å²) in [5.41, 5.74) is 5.11. The van der Waals surface area contributed by atoms with E-state index < -0.39 is 47.2 Å². The number of halogens is 4. The third-order valence-corrected chi connectivity index (χ3v) is 8.99. The van der Waals surface area contributed by atoms with E-state index in [-0.39, 0.29) is 56.8 Å². The molecule has 0 radical (unpaired) electrons. The monoisotopic (exact) mass is 757 g/mol. The SMILES string of the molecule is NC(=O)c1cc(-c2ccc(C(F)(F)F)cc2Oc2ccccc2)ccc1-n1cc(Cc2cnc(=O)n(CC(=O)O)c2)c(=O)nc1SCc1ccc(F)cc1. The first-order valence-corrected chi connectivity index (χ1v) is 16.9. The van der Waals surface area contributed by atoms with Crippen molar-refractivity contribution in [3.05, 3.63) is 164 Å². The molecular weight excluding hydrogens is 731 g/mol. The van der Waals surface area contributed by atoms with E-state index in [1.165, 1.54) is 53.5 Å². The Hall–Kier alpha value is -6.55. The fraction of sp³-hybridized carbons (Fsp3) is 0.105. The molecule has 2 heterocycles. The molecule has 16 heteroatoms. The van der Waals surface area contributed by atoms with E-state index >= 15 is 0 Å². The van der Waals surface area contributed by atoms with Gasteiger partial charge in [-0.05, 0) is 65.2 Å². The molecule has 0 saturated heterocycles. The Balaban J connectivity index is 1.47. The number of carboxylic acids is 1. The summed E-state index contributed by atoms with van der Waals surface area (Å²) in [5.74, 6) is -2.27. The number of benzene rings is 4. The van der Waals surface area contributed by atoms with Gasteiger partial charge in [0.25, 0.3) is 11.5 Å². The molecule has 54 heavy (non-hydrogen) atoms. The lowest BCUT2D eigenvalue weighted by Crippen LogP contribution is -2.27. The largest absolute Gasteiger partial charge is 0.480 e. The molecule has 0 atom stereocenters. The quantitative estimate of drug-likeness (QED) is 0.0810. The van der Waals surface area contributed by atoms with Gasteiger partial charge in [-0.15, -0.1) is 0 Å². The number of ether oxygens (including phenoxy) is 1. The van der Waals surface area contributed by atoms with Crippen molar-refractivity contribution < 1.29 is 37.0 Å². The third-order valence-electron chi connectivity index (χ3n) is 7.96. The van der Waals surface area contributed by atoms with Crippen molar-refractivity contribution in [3.63, 3.8) is 0 Å². The Kier molecular flexibility index (Phi) is 10.7. The van der Waals surface area contributed by atoms with Crippen LogP contribution in [0.1, 0.15) is 32.6 Å². The molecule has 0 aliphatic heterocycles. The van der Waals surface area contributed by atoms with Gasteiger partial charge in [-0.3, -0.25) is 23.5 Å². The standard InChI is InChI=1S/C38H27F4N5O6S/c39-27-10-6-22(7-11-27)21-54-37-45-35(51)25(14-23-17-44-36(52)46(18-23)20-33(48)49)19-47(37)31-13-8-24(15-30(31)34(43)50)29-12-9-26(38(40,41)42)16-32(29)53-28-4-2-1-3-5-28/h1-13,15-19H,14,20-21H2,(H2,43,50)(H,48,49). The molecule has 6 aromatic rings. The zero-order valence-electron chi connectivity index (χ0n) is 27.8. The molecule has 6 rings (SSSR count). The lowest BCUT2D eigenvalue weighted by atomic mass is 9.98. The van der Waals surface area contributed by atoms with Crippen LogP contribution in [0.4, 0.5) is 17.6 Å². The number of thioether (sulfide) groups is 1. The maximum atomic E-state index is 13.8. The maximum absolute atomic E-state index is 13.8. The van der Waals surface area contributed by atoms with Crippen molar-refractivity contribution in [2.45, 2.75) is 30.1 Å². The second-order valence-corrected chi connectivity index (χ2v) is 12.7. The number of primary amides is 1. The highest BCUT2D eigenvalue weighted by molar-refractivity contribution is 7.98. The van der Waals surface area contributed by atoms with Gasteiger partial charge in [-0.25, -0.2) is 14.2 Å². The van der Waals surface area contributed by atoms with Crippen molar-refractivity contribution >= 4 is 23.6 Å². The number of nitrogens with two attached hydrogens (primary N) is 1. The zero-order chi connectivity index (χ0) is 38.6. The van der Waals surface area contributed by atoms with Crippen LogP contribution < -0.4 is 21.7 Å². The fourth-order valence-corrected chi connectivity index (χ4v) is 6.35. The van der Waals surface area contributed by atoms with Gasteiger partial charge in [-0.1, -0.05) is 54.2 Å². The van der Waals surface area contributed by atoms with E-state index in [2.05, 4.69) is 9.97 Å². The Morgan fingerprint density at radius 2 is 1.65 bits per heavy atom. The zero-order valence-corrected chi connectivity index (χ0v) is 28.6. The van der Waals surface area contributed by atoms with Crippen LogP contribution in [0.5, 0.6) is 11.5 Å². The number of carboxylic acid groups (broad SMARTS) is 1. The predicted molar refractivity (Wildman–Crippen MR) is 190 cm³/mol. The smallest absolute Gasteiger partial charge is 0.416 e. The van der Waals surface area contributed by atoms with Gasteiger partial charge < -0.3 is 15.6 Å². The molecule has 1 amide bonds. The molecule has 0 fully saturated rings. The number of carbonyl (C=O) groups is 2. The minimum absolute atomic E-state index is 0.0734. The van der Waals surface area contributed by atoms with E-state index in [1.54, 1.807) is 48.5 Å². The van der Waals surface area contributed by atoms with Crippen LogP contribution in [-0.4, -0.2) is 36.1 Å². The number of para-hydroxylation sites is 1. The van der Waals surface area contributed by atoms with E-state index in [0.717, 1.165) is 28.5 Å². The topological polar surface area (TPSA) is 159 Å². The Labute approximate surface area is 307 Å². The van der Waals surface area contributed by atoms with Crippen LogP contribution in [0, 0.1) is 5.82 Å². The number of aliphatic carboxylic acids is 1. The van der Waals surface area contributed by atoms with Crippen LogP contribution in [0.2, 0.25) is 0 Å². The molecule has 3 N–H and O–H groups in total. The summed E-state index contributed by atoms with van der Waals surface area (Å²) in [7, 11) is 0. The summed E-state index contributed by atoms with van der Waals surface area (Å²) in [6.07, 6.45) is -0.941. The molecule has 0 aliphatic carbocycles. The number of aromatic nitrogens is 4. The number of carbonyl (C=O) groups excluding carboxylic acids is 1. The highest BCUT2D eigenvalue weighted by Gasteiger charge is 2.32. The second kappa shape index (κ2) is 15.6. The molecular formula is C38H27F4N5O6S. The van der Waals surface area contributed by atoms with Gasteiger partial charge in [0.2, 0.25) is 0 Å². The number of amides is 1. The summed E-state index contributed by atoms with van der Waals surface area (Å²) < 4.78 is 63.1. The van der Waals surface area contributed by atoms with Gasteiger partial charge in [0, 0.05) is 41.9 Å². The number of hydrogen-bond acceptors (Lipinski definition) is 8. The van der Waals surface area contributed by atoms with Gasteiger partial charge in [0.15, 0.2) is 5.16 Å². The van der Waals surface area contributed by atoms with Gasteiger partial charge in [0.05, 0.1) is 16.8 Å². The summed E-state index contributed by atoms with van der Waals surface area (Å²) in [6.45, 7) is -0.660. The van der Waals surface area contributed by atoms with Crippen molar-refractivity contribution in [3.8, 4) is 28.3 Å². The first-order valence-electron chi connectivity index (χ1n) is 15.9. The first-order chi connectivity index (χ1) is 25.7. The fourth-order valence-electron chi connectivity index (χ4n) is 5.42. The first kappa shape index (κ1) is 37.2. The van der Waals surface area contributed by atoms with Crippen LogP contribution in [-0.2, 0) is 29.7 Å². The second-order valence-electron chi connectivity index (χ2n) is 11.8. The summed E-state index contributed by atoms with van der Waals surface area (Å²) in [5, 5.41) is 9.29. The minimum atomic E-state index is -4.67. The molecule has 0 aliphatic rings. The molecule has 274 valence electrons. The lowest BCUT2D eigenvalue weighted by molar-refractivity contribution is -0.138. The van der Waals surface area contributed by atoms with Gasteiger partial charge >= 0.3 is 17.8 Å². The molecule has 4 aromatic carbocycles. The van der Waals surface area contributed by atoms with Crippen LogP contribution in [0.25, 0.3) is 16.8 Å². The van der Waals surface area contributed by atoms with Crippen LogP contribution in [0.3, 0.4) is 0 Å². The van der Waals surface area contributed by atoms with Crippen molar-refractivity contribution in [1.29, 1.82) is 0 Å². The molecule has 0 unspecified atom stereocenters. The Morgan fingerprint density at radius 3 is 2.33 bits per heavy atom. The van der Waals surface area contributed by atoms with Crippen molar-refractivity contribution in [2.75, 3.05) is 0 Å². The predicted octanol–water partition coefficient (Wildman–Crippen LogP) is 6.47. The maximum Gasteiger partial charge on any atom is 0.416 e. The van der Waals surface area contributed by atoms with Crippen molar-refractivity contribution in [1.82, 2.24) is 19.1 Å². The highest BCUT2D eigenvalue weighted by Crippen LogP contribution is 2.40. The molecule has 0 bridgehead atoms. The number of nitrogens with zero attached hydrogens (tertiary/aromatic N) is 4. The number of rotatable bonds is 12. The highest BCUT2D eigenvalue weighted by atomic mass is 32.2. The summed E-state index contributed by atoms with van der Waals surface area (Å²) >= 11 is 1.10. The number of hydrogen-bond donors (Lipinski definition) is 2. The van der Waals surface area contributed by atoms with E-state index in [4.69, 9.17) is 10.5 Å². The molecule has 0 saturated carbocycles. The minimum Gasteiger partial charge on any atom is -0.480 e. The Bertz CT molecular complexity index is 2490. The lowest BCUT2D eigenvalue weighted by Gasteiger charge is -2.19. The van der Waals surface area contributed by atoms with E-state index in [0.29, 0.717) is 11.1 Å². The van der Waals surface area contributed by atoms with E-state index in [1.807, 2.05) is 0 Å². The van der Waals surface area contributed by atoms with Crippen LogP contribution >= 0.6 is 11.8 Å². The van der Waals surface area contributed by atoms with Crippen LogP contribution in [0.15, 0.2) is 124 Å². The number of alkyl halides is 3. The molecule has 11 nitrogen and oxygen atoms in total. The molecule has 2 aromatic heterocycles. The average molecular weight is 758 g/mol. The summed E-state index contributed by atoms with van der Waals surface area (Å²) in [4.78, 5) is 57.8. The Morgan fingerprint density at radius 1 is 0.907 bits per heavy atom.